The molecule has 2 spiro atoms. The average Bonchev–Trinajstić information content (AvgIpc) is 1.50. The van der Waals surface area contributed by atoms with Gasteiger partial charge in [0.1, 0.15) is 22.3 Å². The summed E-state index contributed by atoms with van der Waals surface area (Å²) < 4.78 is 14.0. The molecule has 0 saturated heterocycles. The van der Waals surface area contributed by atoms with Crippen LogP contribution in [0.4, 0.5) is 0 Å². The van der Waals surface area contributed by atoms with Gasteiger partial charge in [-0.25, -0.2) is 0 Å². The van der Waals surface area contributed by atoms with Crippen LogP contribution in [0, 0.1) is 0 Å². The predicted octanol–water partition coefficient (Wildman–Crippen LogP) is 23.5. The van der Waals surface area contributed by atoms with Gasteiger partial charge in [-0.1, -0.05) is 273 Å². The molecule has 1 atom stereocenters. The summed E-state index contributed by atoms with van der Waals surface area (Å²) in [6.07, 6.45) is 0.807. The zero-order chi connectivity index (χ0) is 62.7. The summed E-state index contributed by atoms with van der Waals surface area (Å²) in [5, 5.41) is 4.76. The van der Waals surface area contributed by atoms with Gasteiger partial charge in [-0.3, -0.25) is 0 Å². The lowest BCUT2D eigenvalue weighted by Gasteiger charge is -2.32. The maximum Gasteiger partial charge on any atom is 0.144 e. The van der Waals surface area contributed by atoms with Crippen molar-refractivity contribution in [2.24, 2.45) is 0 Å². The number of para-hydroxylation sites is 2. The Balaban J connectivity index is 0.793. The molecule has 0 N–H and O–H groups in total. The van der Waals surface area contributed by atoms with Gasteiger partial charge in [0.2, 0.25) is 0 Å². The first-order valence-corrected chi connectivity index (χ1v) is 33.8. The van der Waals surface area contributed by atoms with Gasteiger partial charge in [-0.2, -0.15) is 0 Å². The van der Waals surface area contributed by atoms with E-state index in [0.29, 0.717) is 0 Å². The summed E-state index contributed by atoms with van der Waals surface area (Å²) >= 11 is 0. The quantitative estimate of drug-likeness (QED) is 0.176. The number of hydrogen-bond donors (Lipinski definition) is 0. The third-order valence-electron chi connectivity index (χ3n) is 23.8. The fourth-order valence-electron chi connectivity index (χ4n) is 19.9. The Kier molecular flexibility index (Phi) is 10.0. The number of furan rings is 2. The maximum absolute atomic E-state index is 7.18. The Hall–Kier alpha value is -10.5. The normalized spacial score (nSPS) is 16.2. The highest BCUT2D eigenvalue weighted by molar-refractivity contribution is 6.21. The molecule has 15 aromatic rings. The molecule has 2 aromatic heterocycles. The molecule has 0 bridgehead atoms. The van der Waals surface area contributed by atoms with E-state index in [1.807, 2.05) is 0 Å². The number of rotatable bonds is 4. The van der Waals surface area contributed by atoms with Gasteiger partial charge in [0.05, 0.1) is 10.8 Å². The van der Waals surface area contributed by atoms with Crippen molar-refractivity contribution in [3.05, 3.63) is 344 Å². The number of benzene rings is 13. The Labute approximate surface area is 547 Å². The van der Waals surface area contributed by atoms with E-state index < -0.39 is 10.8 Å². The van der Waals surface area contributed by atoms with Gasteiger partial charge in [-0.15, -0.1) is 0 Å². The van der Waals surface area contributed by atoms with E-state index in [-0.39, 0.29) is 22.2 Å². The zero-order valence-electron chi connectivity index (χ0n) is 53.8. The van der Waals surface area contributed by atoms with Crippen LogP contribution in [-0.2, 0) is 33.5 Å². The summed E-state index contributed by atoms with van der Waals surface area (Å²) in [6.45, 7) is 16.8. The molecule has 6 aliphatic rings. The van der Waals surface area contributed by atoms with Crippen molar-refractivity contribution in [2.45, 2.75) is 87.9 Å². The minimum Gasteiger partial charge on any atom is -0.456 e. The van der Waals surface area contributed by atoms with E-state index in [9.17, 15) is 0 Å². The van der Waals surface area contributed by atoms with Crippen LogP contribution in [0.3, 0.4) is 0 Å². The van der Waals surface area contributed by atoms with Crippen LogP contribution in [0.25, 0.3) is 111 Å². The van der Waals surface area contributed by atoms with Gasteiger partial charge < -0.3 is 8.83 Å². The molecule has 94 heavy (non-hydrogen) atoms. The lowest BCUT2D eigenvalue weighted by molar-refractivity contribution is 0.589. The minimum atomic E-state index is -0.612. The Morgan fingerprint density at radius 2 is 0.787 bits per heavy atom. The van der Waals surface area contributed by atoms with E-state index in [2.05, 4.69) is 303 Å². The van der Waals surface area contributed by atoms with Crippen molar-refractivity contribution in [3.63, 3.8) is 0 Å². The molecule has 0 fully saturated rings. The Bertz CT molecular complexity index is 5850. The topological polar surface area (TPSA) is 26.3 Å². The predicted molar refractivity (Wildman–Crippen MR) is 386 cm³/mol. The van der Waals surface area contributed by atoms with Gasteiger partial charge in [-0.05, 0) is 192 Å². The van der Waals surface area contributed by atoms with Gasteiger partial charge in [0.25, 0.3) is 0 Å². The molecule has 6 aliphatic carbocycles. The van der Waals surface area contributed by atoms with Crippen LogP contribution in [0.1, 0.15) is 143 Å². The average molecular weight is 1200 g/mol. The van der Waals surface area contributed by atoms with E-state index in [0.717, 1.165) is 34.1 Å². The second-order valence-electron chi connectivity index (χ2n) is 30.0. The van der Waals surface area contributed by atoms with Crippen molar-refractivity contribution in [1.82, 2.24) is 0 Å². The smallest absolute Gasteiger partial charge is 0.144 e. The minimum absolute atomic E-state index is 0.00896. The zero-order valence-corrected chi connectivity index (χ0v) is 53.8. The molecule has 2 heterocycles. The third-order valence-corrected chi connectivity index (χ3v) is 23.8. The highest BCUT2D eigenvalue weighted by Crippen LogP contribution is 2.70. The highest BCUT2D eigenvalue weighted by atomic mass is 16.3. The van der Waals surface area contributed by atoms with Crippen molar-refractivity contribution >= 4 is 43.9 Å². The molecule has 0 saturated carbocycles. The van der Waals surface area contributed by atoms with Crippen LogP contribution in [0.5, 0.6) is 0 Å². The summed E-state index contributed by atoms with van der Waals surface area (Å²) in [6, 6.07) is 98.4. The maximum atomic E-state index is 7.18. The molecule has 13 aromatic carbocycles. The SMILES string of the molecule is CC(C)(C)c1ccc(C(Cc2ccc3c(c2)C2(c4ccccc4-c4ccccc42)c2cc4c(cc2-3)C2(c3ccccc3-c3ccccc32)c2ccc3oc5ccccc5c3c2-4)c2ccc3c(c2)C(C)(C)c2c4c(c5c(oc6ccccc65)c2-3)-c2ccccc2C4(C)C)cc1. The van der Waals surface area contributed by atoms with Gasteiger partial charge >= 0.3 is 0 Å². The molecule has 1 unspecified atom stereocenters. The van der Waals surface area contributed by atoms with Crippen LogP contribution in [0.2, 0.25) is 0 Å². The molecule has 0 amide bonds. The largest absolute Gasteiger partial charge is 0.456 e. The molecule has 446 valence electrons. The standard InChI is InChI=1S/C92H66O2/c1-88(2,3)54-40-37-52(38-41-54)64(53-39-43-61-73(48-53)90(6,7)86-84(61)87-83(63-28-14-21-35-78(63)94-87)82-60-26-12-15-29-67(60)89(4,5)85(82)86)46-51-36-42-59-65-49-76-66(50-75(65)92(74(59)47-51)70-32-18-10-24-57(70)58-25-11-19-33-71(58)92)80-72(44-45-79-81(80)62-27-13-20-34-77(62)93-79)91(76)68-30-16-8-22-55(68)56-23-9-17-31-69(56)91/h8-45,47-50,64H,46H2,1-7H3. The van der Waals surface area contributed by atoms with Crippen LogP contribution in [0.15, 0.2) is 264 Å². The lowest BCUT2D eigenvalue weighted by Crippen LogP contribution is -2.27. The van der Waals surface area contributed by atoms with Gasteiger partial charge in [0, 0.05) is 43.9 Å². The summed E-state index contributed by atoms with van der Waals surface area (Å²) in [5.41, 5.74) is 39.2. The van der Waals surface area contributed by atoms with E-state index in [4.69, 9.17) is 8.83 Å². The molecule has 0 radical (unpaired) electrons. The summed E-state index contributed by atoms with van der Waals surface area (Å²) in [5.74, 6) is 0.0345. The van der Waals surface area contributed by atoms with Crippen LogP contribution >= 0.6 is 0 Å². The Morgan fingerprint density at radius 1 is 0.319 bits per heavy atom. The molecular weight excluding hydrogens is 1140 g/mol. The second kappa shape index (κ2) is 17.8. The van der Waals surface area contributed by atoms with Crippen LogP contribution in [-0.4, -0.2) is 0 Å². The fourth-order valence-corrected chi connectivity index (χ4v) is 19.9. The van der Waals surface area contributed by atoms with Crippen molar-refractivity contribution in [3.8, 4) is 66.8 Å². The summed E-state index contributed by atoms with van der Waals surface area (Å²) in [7, 11) is 0. The lowest BCUT2D eigenvalue weighted by atomic mass is 9.68. The number of fused-ring (bicyclic) bond motifs is 36. The van der Waals surface area contributed by atoms with E-state index >= 15 is 0 Å². The Morgan fingerprint density at radius 3 is 1.43 bits per heavy atom. The fraction of sp³-hybridized carbons (Fsp3) is 0.152. The van der Waals surface area contributed by atoms with Crippen molar-refractivity contribution < 1.29 is 8.83 Å². The first kappa shape index (κ1) is 53.0. The molecule has 2 heteroatoms. The second-order valence-corrected chi connectivity index (χ2v) is 30.0. The molecular formula is C92H66O2. The van der Waals surface area contributed by atoms with Crippen molar-refractivity contribution in [2.75, 3.05) is 0 Å². The van der Waals surface area contributed by atoms with E-state index in [1.54, 1.807) is 0 Å². The van der Waals surface area contributed by atoms with Crippen molar-refractivity contribution in [1.29, 1.82) is 0 Å². The number of hydrogen-bond acceptors (Lipinski definition) is 2. The first-order chi connectivity index (χ1) is 45.8. The highest BCUT2D eigenvalue weighted by Gasteiger charge is 2.57. The molecule has 2 nitrogen and oxygen atoms in total. The van der Waals surface area contributed by atoms with Gasteiger partial charge in [0.15, 0.2) is 0 Å². The molecule has 21 rings (SSSR count). The summed E-state index contributed by atoms with van der Waals surface area (Å²) in [4.78, 5) is 0. The molecule has 0 aliphatic heterocycles. The van der Waals surface area contributed by atoms with E-state index in [1.165, 1.54) is 172 Å². The first-order valence-electron chi connectivity index (χ1n) is 33.8. The van der Waals surface area contributed by atoms with Crippen LogP contribution < -0.4 is 0 Å². The monoisotopic (exact) mass is 1200 g/mol. The third kappa shape index (κ3) is 6.29.